The molecule has 0 radical (unpaired) electrons. The lowest BCUT2D eigenvalue weighted by atomic mass is 10.1. The van der Waals surface area contributed by atoms with Crippen LogP contribution in [0.1, 0.15) is 36.5 Å². The molecule has 1 saturated carbocycles. The third kappa shape index (κ3) is 4.44. The average Bonchev–Trinajstić information content (AvgIpc) is 3.25. The van der Waals surface area contributed by atoms with Crippen LogP contribution in [0, 0.1) is 5.82 Å². The van der Waals surface area contributed by atoms with Gasteiger partial charge in [0.25, 0.3) is 5.91 Å². The minimum absolute atomic E-state index is 0.0658. The van der Waals surface area contributed by atoms with Crippen molar-refractivity contribution < 1.29 is 14.0 Å². The highest BCUT2D eigenvalue weighted by molar-refractivity contribution is 5.99. The minimum Gasteiger partial charge on any atom is -0.382 e. The summed E-state index contributed by atoms with van der Waals surface area (Å²) in [6, 6.07) is 4.67. The lowest BCUT2D eigenvalue weighted by molar-refractivity contribution is -0.121. The molecule has 2 rings (SSSR count). The maximum atomic E-state index is 13.7. The fraction of sp³-hybridized carbons (Fsp3) is 0.467. The lowest BCUT2D eigenvalue weighted by Crippen LogP contribution is -2.32. The van der Waals surface area contributed by atoms with Gasteiger partial charge in [0.15, 0.2) is 0 Å². The molecular weight excluding hydrogens is 273 g/mol. The summed E-state index contributed by atoms with van der Waals surface area (Å²) >= 11 is 0. The molecule has 0 unspecified atom stereocenters. The fourth-order valence-electron chi connectivity index (χ4n) is 1.98. The summed E-state index contributed by atoms with van der Waals surface area (Å²) in [5.41, 5.74) is 0.444. The Hall–Kier alpha value is -2.11. The number of carbonyl (C=O) groups excluding carboxylic acids is 2. The van der Waals surface area contributed by atoms with E-state index >= 15 is 0 Å². The Morgan fingerprint density at radius 1 is 1.33 bits per heavy atom. The number of hydrogen-bond acceptors (Lipinski definition) is 3. The van der Waals surface area contributed by atoms with Crippen molar-refractivity contribution in [2.24, 2.45) is 0 Å². The van der Waals surface area contributed by atoms with Gasteiger partial charge in [-0.2, -0.15) is 0 Å². The first-order valence-corrected chi connectivity index (χ1v) is 7.21. The van der Waals surface area contributed by atoms with Crippen LogP contribution in [0.3, 0.4) is 0 Å². The molecule has 0 aromatic heterocycles. The second-order valence-corrected chi connectivity index (χ2v) is 5.04. The molecule has 1 aromatic rings. The van der Waals surface area contributed by atoms with Gasteiger partial charge in [-0.25, -0.2) is 4.39 Å². The van der Waals surface area contributed by atoms with Crippen molar-refractivity contribution in [1.82, 2.24) is 10.6 Å². The first-order valence-electron chi connectivity index (χ1n) is 7.21. The lowest BCUT2D eigenvalue weighted by Gasteiger charge is -2.12. The molecule has 5 nitrogen and oxygen atoms in total. The van der Waals surface area contributed by atoms with E-state index in [4.69, 9.17) is 0 Å². The summed E-state index contributed by atoms with van der Waals surface area (Å²) in [4.78, 5) is 23.6. The monoisotopic (exact) mass is 293 g/mol. The van der Waals surface area contributed by atoms with Crippen LogP contribution in [0.15, 0.2) is 18.2 Å². The molecule has 0 spiro atoms. The normalized spacial score (nSPS) is 13.6. The van der Waals surface area contributed by atoms with Crippen molar-refractivity contribution >= 4 is 17.5 Å². The van der Waals surface area contributed by atoms with E-state index in [-0.39, 0.29) is 36.0 Å². The molecule has 0 saturated heterocycles. The number of rotatable bonds is 7. The van der Waals surface area contributed by atoms with Crippen LogP contribution in [-0.4, -0.2) is 30.9 Å². The van der Waals surface area contributed by atoms with Crippen LogP contribution in [0.4, 0.5) is 10.1 Å². The minimum atomic E-state index is -0.462. The molecule has 1 aliphatic rings. The molecule has 1 fully saturated rings. The van der Waals surface area contributed by atoms with Crippen molar-refractivity contribution in [1.29, 1.82) is 0 Å². The molecule has 114 valence electrons. The van der Waals surface area contributed by atoms with Crippen LogP contribution in [0.25, 0.3) is 0 Å². The van der Waals surface area contributed by atoms with E-state index < -0.39 is 5.82 Å². The van der Waals surface area contributed by atoms with Gasteiger partial charge < -0.3 is 16.0 Å². The zero-order valence-corrected chi connectivity index (χ0v) is 12.0. The number of halogens is 1. The first-order chi connectivity index (χ1) is 10.1. The van der Waals surface area contributed by atoms with Gasteiger partial charge in [-0.1, -0.05) is 6.07 Å². The van der Waals surface area contributed by atoms with E-state index in [1.165, 1.54) is 12.1 Å². The molecule has 3 N–H and O–H groups in total. The van der Waals surface area contributed by atoms with Crippen molar-refractivity contribution in [3.8, 4) is 0 Å². The number of anilines is 1. The molecule has 0 atom stereocenters. The number of benzene rings is 1. The van der Waals surface area contributed by atoms with Crippen molar-refractivity contribution in [2.75, 3.05) is 18.4 Å². The van der Waals surface area contributed by atoms with Gasteiger partial charge in [0.1, 0.15) is 5.82 Å². The summed E-state index contributed by atoms with van der Waals surface area (Å²) in [6.45, 7) is 2.58. The summed E-state index contributed by atoms with van der Waals surface area (Å²) < 4.78 is 13.7. The largest absolute Gasteiger partial charge is 0.382 e. The summed E-state index contributed by atoms with van der Waals surface area (Å²) in [7, 11) is 0. The Labute approximate surface area is 123 Å². The van der Waals surface area contributed by atoms with Crippen LogP contribution in [-0.2, 0) is 4.79 Å². The number of amides is 2. The Balaban J connectivity index is 1.87. The van der Waals surface area contributed by atoms with Gasteiger partial charge in [-0.3, -0.25) is 9.59 Å². The van der Waals surface area contributed by atoms with E-state index in [1.54, 1.807) is 6.07 Å². The SMILES string of the molecule is CCNc1c(F)cccc1C(=O)NCCC(=O)NC1CC1. The predicted octanol–water partition coefficient (Wildman–Crippen LogP) is 1.66. The highest BCUT2D eigenvalue weighted by atomic mass is 19.1. The van der Waals surface area contributed by atoms with Crippen LogP contribution in [0.2, 0.25) is 0 Å². The maximum Gasteiger partial charge on any atom is 0.253 e. The number of para-hydroxylation sites is 1. The van der Waals surface area contributed by atoms with E-state index in [1.807, 2.05) is 6.92 Å². The molecule has 21 heavy (non-hydrogen) atoms. The fourth-order valence-corrected chi connectivity index (χ4v) is 1.98. The Bertz CT molecular complexity index is 530. The highest BCUT2D eigenvalue weighted by Gasteiger charge is 2.23. The third-order valence-electron chi connectivity index (χ3n) is 3.19. The summed E-state index contributed by atoms with van der Waals surface area (Å²) in [6.07, 6.45) is 2.30. The second-order valence-electron chi connectivity index (χ2n) is 5.04. The first kappa shape index (κ1) is 15.3. The Kier molecular flexibility index (Phi) is 5.14. The van der Waals surface area contributed by atoms with Crippen molar-refractivity contribution in [3.05, 3.63) is 29.6 Å². The van der Waals surface area contributed by atoms with Crippen LogP contribution >= 0.6 is 0 Å². The van der Waals surface area contributed by atoms with E-state index in [2.05, 4.69) is 16.0 Å². The topological polar surface area (TPSA) is 70.2 Å². The Morgan fingerprint density at radius 2 is 2.10 bits per heavy atom. The standard InChI is InChI=1S/C15H20FN3O2/c1-2-17-14-11(4-3-5-12(14)16)15(21)18-9-8-13(20)19-10-6-7-10/h3-5,10,17H,2,6-9H2,1H3,(H,18,21)(H,19,20). The van der Waals surface area contributed by atoms with E-state index in [0.717, 1.165) is 12.8 Å². The van der Waals surface area contributed by atoms with Gasteiger partial charge in [-0.05, 0) is 31.9 Å². The molecule has 6 heteroatoms. The van der Waals surface area contributed by atoms with Gasteiger partial charge in [-0.15, -0.1) is 0 Å². The molecule has 0 heterocycles. The molecular formula is C15H20FN3O2. The van der Waals surface area contributed by atoms with E-state index in [9.17, 15) is 14.0 Å². The van der Waals surface area contributed by atoms with Crippen LogP contribution in [0.5, 0.6) is 0 Å². The summed E-state index contributed by atoms with van der Waals surface area (Å²) in [5, 5.41) is 8.33. The molecule has 1 aromatic carbocycles. The van der Waals surface area contributed by atoms with Crippen molar-refractivity contribution in [2.45, 2.75) is 32.2 Å². The molecule has 1 aliphatic carbocycles. The maximum absolute atomic E-state index is 13.7. The number of hydrogen-bond donors (Lipinski definition) is 3. The molecule has 2 amide bonds. The number of nitrogens with one attached hydrogen (secondary N) is 3. The van der Waals surface area contributed by atoms with Gasteiger partial charge >= 0.3 is 0 Å². The predicted molar refractivity (Wildman–Crippen MR) is 78.7 cm³/mol. The molecule has 0 aliphatic heterocycles. The molecule has 0 bridgehead atoms. The highest BCUT2D eigenvalue weighted by Crippen LogP contribution is 2.20. The zero-order valence-electron chi connectivity index (χ0n) is 12.0. The zero-order chi connectivity index (χ0) is 15.2. The van der Waals surface area contributed by atoms with Crippen LogP contribution < -0.4 is 16.0 Å². The smallest absolute Gasteiger partial charge is 0.253 e. The van der Waals surface area contributed by atoms with Gasteiger partial charge in [0.05, 0.1) is 11.3 Å². The number of carbonyl (C=O) groups is 2. The third-order valence-corrected chi connectivity index (χ3v) is 3.19. The average molecular weight is 293 g/mol. The van der Waals surface area contributed by atoms with Crippen molar-refractivity contribution in [3.63, 3.8) is 0 Å². The second kappa shape index (κ2) is 7.06. The quantitative estimate of drug-likeness (QED) is 0.716. The van der Waals surface area contributed by atoms with E-state index in [0.29, 0.717) is 12.6 Å². The Morgan fingerprint density at radius 3 is 2.76 bits per heavy atom. The van der Waals surface area contributed by atoms with Gasteiger partial charge in [0.2, 0.25) is 5.91 Å². The van der Waals surface area contributed by atoms with Gasteiger partial charge in [0, 0.05) is 25.6 Å². The summed E-state index contributed by atoms with van der Waals surface area (Å²) in [5.74, 6) is -0.912.